The zero-order chi connectivity index (χ0) is 11.4. The molecule has 1 aliphatic carbocycles. The molecular formula is C13H23ClN2. The van der Waals surface area contributed by atoms with E-state index < -0.39 is 0 Å². The maximum atomic E-state index is 5.75. The van der Waals surface area contributed by atoms with E-state index in [0.29, 0.717) is 0 Å². The van der Waals surface area contributed by atoms with E-state index in [0.717, 1.165) is 18.6 Å². The number of halogens is 1. The van der Waals surface area contributed by atoms with Gasteiger partial charge in [-0.1, -0.05) is 18.0 Å². The lowest BCUT2D eigenvalue weighted by Gasteiger charge is -2.36. The molecule has 0 spiro atoms. The van der Waals surface area contributed by atoms with Crippen LogP contribution in [0.3, 0.4) is 0 Å². The molecule has 1 saturated carbocycles. The second kappa shape index (κ2) is 6.04. The van der Waals surface area contributed by atoms with Crippen LogP contribution in [0.5, 0.6) is 0 Å². The fourth-order valence-electron chi connectivity index (χ4n) is 2.44. The van der Waals surface area contributed by atoms with Crippen LogP contribution >= 0.6 is 11.6 Å². The SMILES string of the molecule is CC(=CCl)CN1CCCCC1CNC1CC1. The zero-order valence-corrected chi connectivity index (χ0v) is 11.0. The Labute approximate surface area is 104 Å². The van der Waals surface area contributed by atoms with E-state index in [1.165, 1.54) is 50.8 Å². The standard InChI is InChI=1S/C13H23ClN2/c1-11(8-14)10-16-7-3-2-4-13(16)9-15-12-5-6-12/h8,12-13,15H,2-7,9-10H2,1H3. The van der Waals surface area contributed by atoms with Gasteiger partial charge in [0, 0.05) is 30.7 Å². The normalized spacial score (nSPS) is 28.4. The van der Waals surface area contributed by atoms with Crippen molar-refractivity contribution >= 4 is 11.6 Å². The third-order valence-electron chi connectivity index (χ3n) is 3.61. The highest BCUT2D eigenvalue weighted by Gasteiger charge is 2.26. The summed E-state index contributed by atoms with van der Waals surface area (Å²) in [5.41, 5.74) is 3.00. The first-order chi connectivity index (χ1) is 7.79. The molecule has 0 bridgehead atoms. The van der Waals surface area contributed by atoms with Crippen molar-refractivity contribution in [3.63, 3.8) is 0 Å². The molecule has 2 aliphatic rings. The van der Waals surface area contributed by atoms with Gasteiger partial charge in [0.2, 0.25) is 0 Å². The van der Waals surface area contributed by atoms with Crippen LogP contribution in [-0.2, 0) is 0 Å². The minimum atomic E-state index is 0.723. The van der Waals surface area contributed by atoms with E-state index in [1.807, 2.05) is 0 Å². The Morgan fingerprint density at radius 1 is 1.38 bits per heavy atom. The summed E-state index contributed by atoms with van der Waals surface area (Å²) >= 11 is 5.75. The third kappa shape index (κ3) is 3.76. The Bertz CT molecular complexity index is 248. The first-order valence-corrected chi connectivity index (χ1v) is 6.96. The molecule has 2 rings (SSSR count). The highest BCUT2D eigenvalue weighted by atomic mass is 35.5. The van der Waals surface area contributed by atoms with Crippen LogP contribution in [-0.4, -0.2) is 36.6 Å². The molecule has 1 atom stereocenters. The van der Waals surface area contributed by atoms with Crippen molar-refractivity contribution in [1.29, 1.82) is 0 Å². The topological polar surface area (TPSA) is 15.3 Å². The maximum absolute atomic E-state index is 5.75. The highest BCUT2D eigenvalue weighted by molar-refractivity contribution is 6.25. The van der Waals surface area contributed by atoms with Gasteiger partial charge in [0.05, 0.1) is 0 Å². The molecule has 2 nitrogen and oxygen atoms in total. The summed E-state index contributed by atoms with van der Waals surface area (Å²) in [7, 11) is 0. The van der Waals surface area contributed by atoms with Crippen molar-refractivity contribution in [2.45, 2.75) is 51.1 Å². The number of nitrogens with zero attached hydrogens (tertiary/aromatic N) is 1. The van der Waals surface area contributed by atoms with Gasteiger partial charge in [-0.3, -0.25) is 4.90 Å². The average molecular weight is 243 g/mol. The predicted octanol–water partition coefficient (Wildman–Crippen LogP) is 2.74. The Hall–Kier alpha value is -0.0500. The number of likely N-dealkylation sites (tertiary alicyclic amines) is 1. The van der Waals surface area contributed by atoms with Crippen LogP contribution in [0.1, 0.15) is 39.0 Å². The van der Waals surface area contributed by atoms with E-state index >= 15 is 0 Å². The number of rotatable bonds is 5. The first kappa shape index (κ1) is 12.4. The Morgan fingerprint density at radius 3 is 2.88 bits per heavy atom. The lowest BCUT2D eigenvalue weighted by atomic mass is 10.0. The minimum Gasteiger partial charge on any atom is -0.312 e. The molecule has 1 heterocycles. The number of hydrogen-bond acceptors (Lipinski definition) is 2. The summed E-state index contributed by atoms with van der Waals surface area (Å²) in [6, 6.07) is 1.55. The summed E-state index contributed by atoms with van der Waals surface area (Å²) in [4.78, 5) is 2.59. The first-order valence-electron chi connectivity index (χ1n) is 6.53. The van der Waals surface area contributed by atoms with E-state index in [1.54, 1.807) is 5.54 Å². The molecule has 16 heavy (non-hydrogen) atoms. The van der Waals surface area contributed by atoms with Crippen molar-refractivity contribution in [2.75, 3.05) is 19.6 Å². The van der Waals surface area contributed by atoms with Crippen LogP contribution in [0.4, 0.5) is 0 Å². The number of hydrogen-bond donors (Lipinski definition) is 1. The molecule has 3 heteroatoms. The monoisotopic (exact) mass is 242 g/mol. The van der Waals surface area contributed by atoms with Gasteiger partial charge in [0.15, 0.2) is 0 Å². The van der Waals surface area contributed by atoms with Crippen molar-refractivity contribution in [2.24, 2.45) is 0 Å². The molecule has 1 aliphatic heterocycles. The molecule has 2 fully saturated rings. The minimum absolute atomic E-state index is 0.723. The molecule has 0 radical (unpaired) electrons. The average Bonchev–Trinajstić information content (AvgIpc) is 3.11. The quantitative estimate of drug-likeness (QED) is 0.798. The largest absolute Gasteiger partial charge is 0.312 e. The van der Waals surface area contributed by atoms with Gasteiger partial charge in [-0.05, 0) is 44.7 Å². The van der Waals surface area contributed by atoms with E-state index in [2.05, 4.69) is 17.1 Å². The molecule has 0 aromatic heterocycles. The van der Waals surface area contributed by atoms with Crippen LogP contribution < -0.4 is 5.32 Å². The second-order valence-corrected chi connectivity index (χ2v) is 5.48. The lowest BCUT2D eigenvalue weighted by Crippen LogP contribution is -2.46. The number of piperidine rings is 1. The van der Waals surface area contributed by atoms with Crippen molar-refractivity contribution in [3.8, 4) is 0 Å². The van der Waals surface area contributed by atoms with Gasteiger partial charge in [0.25, 0.3) is 0 Å². The van der Waals surface area contributed by atoms with Crippen molar-refractivity contribution in [1.82, 2.24) is 10.2 Å². The summed E-state index contributed by atoms with van der Waals surface area (Å²) in [5.74, 6) is 0. The lowest BCUT2D eigenvalue weighted by molar-refractivity contribution is 0.158. The van der Waals surface area contributed by atoms with Crippen LogP contribution in [0, 0.1) is 0 Å². The molecule has 0 aromatic carbocycles. The van der Waals surface area contributed by atoms with E-state index in [4.69, 9.17) is 11.6 Å². The Kier molecular flexibility index (Phi) is 4.68. The van der Waals surface area contributed by atoms with E-state index in [-0.39, 0.29) is 0 Å². The summed E-state index contributed by atoms with van der Waals surface area (Å²) in [6.07, 6.45) is 6.84. The fraction of sp³-hybridized carbons (Fsp3) is 0.846. The van der Waals surface area contributed by atoms with Gasteiger partial charge < -0.3 is 5.32 Å². The Morgan fingerprint density at radius 2 is 2.19 bits per heavy atom. The smallest absolute Gasteiger partial charge is 0.0224 e. The summed E-state index contributed by atoms with van der Waals surface area (Å²) in [5, 5.41) is 3.65. The molecule has 0 amide bonds. The number of nitrogens with one attached hydrogen (secondary N) is 1. The third-order valence-corrected chi connectivity index (χ3v) is 3.98. The second-order valence-electron chi connectivity index (χ2n) is 5.26. The van der Waals surface area contributed by atoms with Crippen LogP contribution in [0.15, 0.2) is 11.1 Å². The Balaban J connectivity index is 1.80. The van der Waals surface area contributed by atoms with Gasteiger partial charge >= 0.3 is 0 Å². The molecule has 1 saturated heterocycles. The molecule has 1 unspecified atom stereocenters. The van der Waals surface area contributed by atoms with Crippen molar-refractivity contribution in [3.05, 3.63) is 11.1 Å². The molecule has 1 N–H and O–H groups in total. The zero-order valence-electron chi connectivity index (χ0n) is 10.2. The molecular weight excluding hydrogens is 220 g/mol. The van der Waals surface area contributed by atoms with Gasteiger partial charge in [-0.15, -0.1) is 0 Å². The van der Waals surface area contributed by atoms with Gasteiger partial charge in [0.1, 0.15) is 0 Å². The predicted molar refractivity (Wildman–Crippen MR) is 69.8 cm³/mol. The highest BCUT2D eigenvalue weighted by Crippen LogP contribution is 2.21. The maximum Gasteiger partial charge on any atom is 0.0224 e. The van der Waals surface area contributed by atoms with Gasteiger partial charge in [-0.25, -0.2) is 0 Å². The fourth-order valence-corrected chi connectivity index (χ4v) is 2.51. The van der Waals surface area contributed by atoms with Crippen LogP contribution in [0.2, 0.25) is 0 Å². The van der Waals surface area contributed by atoms with Gasteiger partial charge in [-0.2, -0.15) is 0 Å². The summed E-state index contributed by atoms with van der Waals surface area (Å²) < 4.78 is 0. The van der Waals surface area contributed by atoms with Crippen LogP contribution in [0.25, 0.3) is 0 Å². The molecule has 0 aromatic rings. The summed E-state index contributed by atoms with van der Waals surface area (Å²) in [6.45, 7) is 5.56. The molecule has 92 valence electrons. The van der Waals surface area contributed by atoms with E-state index in [9.17, 15) is 0 Å². The van der Waals surface area contributed by atoms with Crippen molar-refractivity contribution < 1.29 is 0 Å².